The molecule has 0 aliphatic heterocycles. The molecule has 0 spiro atoms. The first-order valence-electron chi connectivity index (χ1n) is 5.48. The average Bonchev–Trinajstić information content (AvgIpc) is 2.29. The topological polar surface area (TPSA) is 58.7 Å². The Morgan fingerprint density at radius 2 is 2.12 bits per heavy atom. The van der Waals surface area contributed by atoms with Crippen LogP contribution in [0.2, 0.25) is 0 Å². The fourth-order valence-electron chi connectivity index (χ4n) is 1.82. The van der Waals surface area contributed by atoms with E-state index in [0.29, 0.717) is 13.1 Å². The lowest BCUT2D eigenvalue weighted by molar-refractivity contribution is 0.259. The number of ether oxygens (including phenoxy) is 1. The summed E-state index contributed by atoms with van der Waals surface area (Å²) in [5.41, 5.74) is 8.34. The maximum absolute atomic E-state index is 9.70. The summed E-state index contributed by atoms with van der Waals surface area (Å²) in [4.78, 5) is 0. The summed E-state index contributed by atoms with van der Waals surface area (Å²) in [5.74, 6) is 0.815. The first-order chi connectivity index (χ1) is 7.65. The van der Waals surface area contributed by atoms with E-state index in [0.717, 1.165) is 29.0 Å². The maximum Gasteiger partial charge on any atom is 0.127 e. The van der Waals surface area contributed by atoms with Crippen molar-refractivity contribution in [2.45, 2.75) is 20.3 Å². The van der Waals surface area contributed by atoms with E-state index in [-0.39, 0.29) is 0 Å². The largest absolute Gasteiger partial charge is 0.496 e. The lowest BCUT2D eigenvalue weighted by Gasteiger charge is -2.20. The van der Waals surface area contributed by atoms with Crippen molar-refractivity contribution >= 4 is 5.69 Å². The molecule has 1 aromatic rings. The molecule has 16 heavy (non-hydrogen) atoms. The molecule has 3 N–H and O–H groups in total. The quantitative estimate of drug-likeness (QED) is 0.748. The van der Waals surface area contributed by atoms with Gasteiger partial charge in [0.2, 0.25) is 0 Å². The van der Waals surface area contributed by atoms with Crippen LogP contribution in [0, 0.1) is 6.92 Å². The minimum absolute atomic E-state index is 0.542. The van der Waals surface area contributed by atoms with Gasteiger partial charge in [-0.25, -0.2) is 0 Å². The monoisotopic (exact) mass is 224 g/mol. The summed E-state index contributed by atoms with van der Waals surface area (Å²) in [6.07, 6.45) is 0.780. The lowest BCUT2D eigenvalue weighted by Crippen LogP contribution is -2.18. The molecular formula is C12H20N2O2. The summed E-state index contributed by atoms with van der Waals surface area (Å²) < 4.78 is 5.37. The summed E-state index contributed by atoms with van der Waals surface area (Å²) in [6.45, 7) is 4.96. The first-order valence-corrected chi connectivity index (χ1v) is 5.48. The number of anilines is 1. The zero-order valence-electron chi connectivity index (χ0n) is 10.2. The van der Waals surface area contributed by atoms with Gasteiger partial charge in [-0.05, 0) is 38.4 Å². The molecule has 0 amide bonds. The van der Waals surface area contributed by atoms with Gasteiger partial charge in [0.25, 0.3) is 0 Å². The van der Waals surface area contributed by atoms with Gasteiger partial charge in [0.1, 0.15) is 5.75 Å². The second kappa shape index (κ2) is 5.72. The third-order valence-corrected chi connectivity index (χ3v) is 2.65. The highest BCUT2D eigenvalue weighted by Gasteiger charge is 2.12. The molecule has 0 bridgehead atoms. The Balaban J connectivity index is 3.17. The summed E-state index contributed by atoms with van der Waals surface area (Å²) in [7, 11) is 1.64. The Morgan fingerprint density at radius 3 is 2.62 bits per heavy atom. The second-order valence-electron chi connectivity index (χ2n) is 3.66. The van der Waals surface area contributed by atoms with Crippen molar-refractivity contribution in [2.24, 2.45) is 5.73 Å². The van der Waals surface area contributed by atoms with Crippen LogP contribution >= 0.6 is 0 Å². The van der Waals surface area contributed by atoms with Gasteiger partial charge in [0.15, 0.2) is 0 Å². The number of methoxy groups -OCH3 is 1. The van der Waals surface area contributed by atoms with Crippen LogP contribution in [0.15, 0.2) is 12.1 Å². The van der Waals surface area contributed by atoms with Crippen molar-refractivity contribution in [3.05, 3.63) is 23.3 Å². The highest BCUT2D eigenvalue weighted by atomic mass is 16.5. The summed E-state index contributed by atoms with van der Waals surface area (Å²) in [6, 6.07) is 3.85. The Bertz CT molecular complexity index is 353. The minimum atomic E-state index is 0.542. The fourth-order valence-corrected chi connectivity index (χ4v) is 1.82. The Morgan fingerprint density at radius 1 is 1.44 bits per heavy atom. The molecule has 0 saturated carbocycles. The van der Waals surface area contributed by atoms with E-state index in [2.05, 4.69) is 0 Å². The van der Waals surface area contributed by atoms with Crippen molar-refractivity contribution in [1.82, 2.24) is 0 Å². The maximum atomic E-state index is 9.70. The molecule has 4 heteroatoms. The van der Waals surface area contributed by atoms with E-state index in [9.17, 15) is 5.21 Å². The first kappa shape index (κ1) is 12.8. The molecule has 1 aromatic carbocycles. The average molecular weight is 224 g/mol. The predicted octanol–water partition coefficient (Wildman–Crippen LogP) is 1.72. The van der Waals surface area contributed by atoms with Gasteiger partial charge in [-0.2, -0.15) is 0 Å². The van der Waals surface area contributed by atoms with Gasteiger partial charge < -0.3 is 10.5 Å². The molecule has 0 radical (unpaired) electrons. The SMILES string of the molecule is CCN(O)c1ccc(CCN)c(OC)c1C. The van der Waals surface area contributed by atoms with E-state index >= 15 is 0 Å². The summed E-state index contributed by atoms with van der Waals surface area (Å²) in [5, 5.41) is 10.9. The molecule has 4 nitrogen and oxygen atoms in total. The van der Waals surface area contributed by atoms with Crippen LogP contribution in [0.25, 0.3) is 0 Å². The molecule has 90 valence electrons. The van der Waals surface area contributed by atoms with Gasteiger partial charge in [0, 0.05) is 12.1 Å². The van der Waals surface area contributed by atoms with E-state index < -0.39 is 0 Å². The normalized spacial score (nSPS) is 10.3. The van der Waals surface area contributed by atoms with Crippen LogP contribution in [0.3, 0.4) is 0 Å². The van der Waals surface area contributed by atoms with Crippen molar-refractivity contribution < 1.29 is 9.94 Å². The molecule has 0 aliphatic rings. The zero-order chi connectivity index (χ0) is 12.1. The molecule has 0 atom stereocenters. The van der Waals surface area contributed by atoms with E-state index in [1.165, 1.54) is 5.06 Å². The lowest BCUT2D eigenvalue weighted by atomic mass is 10.0. The van der Waals surface area contributed by atoms with Crippen LogP contribution in [-0.2, 0) is 6.42 Å². The standard InChI is InChI=1S/C12H20N2O2/c1-4-14(15)11-6-5-10(7-8-13)12(16-3)9(11)2/h5-6,15H,4,7-8,13H2,1-3H3. The highest BCUT2D eigenvalue weighted by molar-refractivity contribution is 5.60. The van der Waals surface area contributed by atoms with Crippen molar-refractivity contribution in [2.75, 3.05) is 25.3 Å². The van der Waals surface area contributed by atoms with Gasteiger partial charge in [-0.3, -0.25) is 10.3 Å². The second-order valence-corrected chi connectivity index (χ2v) is 3.66. The molecule has 0 unspecified atom stereocenters. The number of benzene rings is 1. The number of hydroxylamine groups is 1. The van der Waals surface area contributed by atoms with E-state index in [4.69, 9.17) is 10.5 Å². The molecule has 0 aliphatic carbocycles. The summed E-state index contributed by atoms with van der Waals surface area (Å²) >= 11 is 0. The van der Waals surface area contributed by atoms with Crippen molar-refractivity contribution in [3.63, 3.8) is 0 Å². The molecule has 1 rings (SSSR count). The van der Waals surface area contributed by atoms with Crippen LogP contribution < -0.4 is 15.5 Å². The smallest absolute Gasteiger partial charge is 0.127 e. The number of rotatable bonds is 5. The van der Waals surface area contributed by atoms with Gasteiger partial charge >= 0.3 is 0 Å². The third kappa shape index (κ3) is 2.46. The van der Waals surface area contributed by atoms with Crippen LogP contribution in [0.5, 0.6) is 5.75 Å². The Hall–Kier alpha value is -1.26. The van der Waals surface area contributed by atoms with Gasteiger partial charge in [-0.15, -0.1) is 0 Å². The fraction of sp³-hybridized carbons (Fsp3) is 0.500. The number of nitrogens with two attached hydrogens (primary N) is 1. The predicted molar refractivity (Wildman–Crippen MR) is 65.3 cm³/mol. The highest BCUT2D eigenvalue weighted by Crippen LogP contribution is 2.31. The Kier molecular flexibility index (Phi) is 4.58. The van der Waals surface area contributed by atoms with Crippen molar-refractivity contribution in [1.29, 1.82) is 0 Å². The van der Waals surface area contributed by atoms with Crippen LogP contribution in [-0.4, -0.2) is 25.4 Å². The number of hydrogen-bond donors (Lipinski definition) is 2. The third-order valence-electron chi connectivity index (χ3n) is 2.65. The molecular weight excluding hydrogens is 204 g/mol. The minimum Gasteiger partial charge on any atom is -0.496 e. The number of hydrogen-bond acceptors (Lipinski definition) is 4. The van der Waals surface area contributed by atoms with E-state index in [1.54, 1.807) is 7.11 Å². The van der Waals surface area contributed by atoms with Crippen LogP contribution in [0.4, 0.5) is 5.69 Å². The van der Waals surface area contributed by atoms with Gasteiger partial charge in [-0.1, -0.05) is 6.07 Å². The van der Waals surface area contributed by atoms with E-state index in [1.807, 2.05) is 26.0 Å². The number of nitrogens with zero attached hydrogens (tertiary/aromatic N) is 1. The Labute approximate surface area is 96.6 Å². The molecule has 0 fully saturated rings. The molecule has 0 heterocycles. The molecule has 0 aromatic heterocycles. The van der Waals surface area contributed by atoms with Gasteiger partial charge in [0.05, 0.1) is 12.8 Å². The molecule has 0 saturated heterocycles. The van der Waals surface area contributed by atoms with Crippen LogP contribution in [0.1, 0.15) is 18.1 Å². The van der Waals surface area contributed by atoms with Crippen molar-refractivity contribution in [3.8, 4) is 5.75 Å². The zero-order valence-corrected chi connectivity index (χ0v) is 10.2.